The van der Waals surface area contributed by atoms with Gasteiger partial charge in [0.15, 0.2) is 0 Å². The summed E-state index contributed by atoms with van der Waals surface area (Å²) < 4.78 is 0. The number of aliphatic hydroxyl groups is 1. The van der Waals surface area contributed by atoms with Crippen molar-refractivity contribution in [1.82, 2.24) is 0 Å². The normalized spacial score (nSPS) is 15.4. The number of nitrogens with zero attached hydrogens (tertiary/aromatic N) is 1. The fraction of sp³-hybridized carbons (Fsp3) is 0.333. The lowest BCUT2D eigenvalue weighted by atomic mass is 10.1. The molecule has 0 spiro atoms. The molecule has 1 fully saturated rings. The molecule has 5 heteroatoms. The number of carboxylic acid groups (broad SMARTS) is 1. The maximum atomic E-state index is 11.6. The van der Waals surface area contributed by atoms with Gasteiger partial charge in [0.25, 0.3) is 0 Å². The van der Waals surface area contributed by atoms with Crippen LogP contribution in [0.4, 0.5) is 5.69 Å². The number of aliphatic hydroxyl groups excluding tert-OH is 1. The van der Waals surface area contributed by atoms with Crippen molar-refractivity contribution >= 4 is 17.6 Å². The van der Waals surface area contributed by atoms with Gasteiger partial charge in [-0.3, -0.25) is 4.79 Å². The second-order valence-corrected chi connectivity index (χ2v) is 4.00. The van der Waals surface area contributed by atoms with Crippen molar-refractivity contribution in [3.63, 3.8) is 0 Å². The highest BCUT2D eigenvalue weighted by atomic mass is 16.4. The minimum atomic E-state index is -1.06. The van der Waals surface area contributed by atoms with Crippen LogP contribution in [0.2, 0.25) is 0 Å². The molecule has 1 amide bonds. The number of carboxylic acids is 1. The minimum Gasteiger partial charge on any atom is -0.478 e. The molecule has 0 unspecified atom stereocenters. The number of rotatable bonds is 3. The van der Waals surface area contributed by atoms with E-state index in [4.69, 9.17) is 10.2 Å². The Hall–Kier alpha value is -1.88. The molecule has 90 valence electrons. The van der Waals surface area contributed by atoms with Gasteiger partial charge in [-0.25, -0.2) is 4.79 Å². The number of carbonyl (C=O) groups excluding carboxylic acids is 1. The van der Waals surface area contributed by atoms with Gasteiger partial charge >= 0.3 is 5.97 Å². The number of anilines is 1. The van der Waals surface area contributed by atoms with Crippen LogP contribution in [0.5, 0.6) is 0 Å². The molecule has 5 nitrogen and oxygen atoms in total. The molecule has 1 saturated heterocycles. The van der Waals surface area contributed by atoms with Gasteiger partial charge < -0.3 is 15.1 Å². The third-order valence-corrected chi connectivity index (χ3v) is 2.79. The summed E-state index contributed by atoms with van der Waals surface area (Å²) in [5.74, 6) is -1.07. The van der Waals surface area contributed by atoms with Crippen LogP contribution < -0.4 is 4.90 Å². The zero-order valence-corrected chi connectivity index (χ0v) is 9.22. The Labute approximate surface area is 98.3 Å². The van der Waals surface area contributed by atoms with Crippen LogP contribution >= 0.6 is 0 Å². The molecule has 0 aliphatic carbocycles. The molecule has 1 aliphatic rings. The van der Waals surface area contributed by atoms with Crippen LogP contribution in [-0.2, 0) is 11.4 Å². The van der Waals surface area contributed by atoms with E-state index in [0.717, 1.165) is 6.42 Å². The molecular weight excluding hydrogens is 222 g/mol. The third-order valence-electron chi connectivity index (χ3n) is 2.79. The van der Waals surface area contributed by atoms with Gasteiger partial charge in [-0.05, 0) is 30.2 Å². The van der Waals surface area contributed by atoms with Crippen molar-refractivity contribution in [1.29, 1.82) is 0 Å². The Kier molecular flexibility index (Phi) is 3.10. The summed E-state index contributed by atoms with van der Waals surface area (Å²) in [6.07, 6.45) is 1.27. The van der Waals surface area contributed by atoms with E-state index >= 15 is 0 Å². The highest BCUT2D eigenvalue weighted by Crippen LogP contribution is 2.24. The van der Waals surface area contributed by atoms with Crippen molar-refractivity contribution in [2.75, 3.05) is 11.4 Å². The van der Waals surface area contributed by atoms with E-state index in [0.29, 0.717) is 24.2 Å². The van der Waals surface area contributed by atoms with Gasteiger partial charge in [0.05, 0.1) is 12.2 Å². The summed E-state index contributed by atoms with van der Waals surface area (Å²) in [5, 5.41) is 18.0. The first kappa shape index (κ1) is 11.6. The molecule has 1 aliphatic heterocycles. The van der Waals surface area contributed by atoms with E-state index in [1.165, 1.54) is 12.1 Å². The van der Waals surface area contributed by atoms with E-state index in [9.17, 15) is 9.59 Å². The molecule has 0 saturated carbocycles. The molecule has 0 atom stereocenters. The average molecular weight is 235 g/mol. The van der Waals surface area contributed by atoms with Gasteiger partial charge in [-0.15, -0.1) is 0 Å². The van der Waals surface area contributed by atoms with Crippen LogP contribution in [0.25, 0.3) is 0 Å². The highest BCUT2D eigenvalue weighted by Gasteiger charge is 2.22. The SMILES string of the molecule is O=C(O)c1cc(CO)cc(N2CCCC2=O)c1. The zero-order valence-electron chi connectivity index (χ0n) is 9.22. The number of hydrogen-bond donors (Lipinski definition) is 2. The second kappa shape index (κ2) is 4.55. The Bertz CT molecular complexity index is 470. The van der Waals surface area contributed by atoms with E-state index in [-0.39, 0.29) is 18.1 Å². The molecule has 2 N–H and O–H groups in total. The largest absolute Gasteiger partial charge is 0.478 e. The first-order chi connectivity index (χ1) is 8.11. The Morgan fingerprint density at radius 3 is 2.65 bits per heavy atom. The summed E-state index contributed by atoms with van der Waals surface area (Å²) in [7, 11) is 0. The molecule has 0 radical (unpaired) electrons. The standard InChI is InChI=1S/C12H13NO4/c14-7-8-4-9(12(16)17)6-10(5-8)13-3-1-2-11(13)15/h4-6,14H,1-3,7H2,(H,16,17). The number of carbonyl (C=O) groups is 2. The maximum Gasteiger partial charge on any atom is 0.335 e. The van der Waals surface area contributed by atoms with Gasteiger partial charge in [0, 0.05) is 18.7 Å². The van der Waals surface area contributed by atoms with Crippen molar-refractivity contribution in [3.05, 3.63) is 29.3 Å². The number of aromatic carboxylic acids is 1. The van der Waals surface area contributed by atoms with E-state index in [2.05, 4.69) is 0 Å². The molecule has 1 aromatic rings. The highest BCUT2D eigenvalue weighted by molar-refractivity contribution is 5.97. The van der Waals surface area contributed by atoms with Crippen molar-refractivity contribution < 1.29 is 19.8 Å². The minimum absolute atomic E-state index is 0.00331. The third kappa shape index (κ3) is 2.29. The van der Waals surface area contributed by atoms with Crippen molar-refractivity contribution in [2.45, 2.75) is 19.4 Å². The molecular formula is C12H13NO4. The van der Waals surface area contributed by atoms with Gasteiger partial charge in [0.2, 0.25) is 5.91 Å². The van der Waals surface area contributed by atoms with Gasteiger partial charge in [-0.2, -0.15) is 0 Å². The quantitative estimate of drug-likeness (QED) is 0.819. The van der Waals surface area contributed by atoms with E-state index in [1.807, 2.05) is 0 Å². The Balaban J connectivity index is 2.42. The lowest BCUT2D eigenvalue weighted by Gasteiger charge is -2.17. The smallest absolute Gasteiger partial charge is 0.335 e. The number of hydrogen-bond acceptors (Lipinski definition) is 3. The molecule has 17 heavy (non-hydrogen) atoms. The monoisotopic (exact) mass is 235 g/mol. The fourth-order valence-electron chi connectivity index (χ4n) is 1.97. The second-order valence-electron chi connectivity index (χ2n) is 4.00. The predicted molar refractivity (Wildman–Crippen MR) is 60.9 cm³/mol. The van der Waals surface area contributed by atoms with Crippen LogP contribution in [-0.4, -0.2) is 28.6 Å². The van der Waals surface area contributed by atoms with Crippen LogP contribution in [0.3, 0.4) is 0 Å². The maximum absolute atomic E-state index is 11.6. The first-order valence-electron chi connectivity index (χ1n) is 5.40. The summed E-state index contributed by atoms with van der Waals surface area (Å²) >= 11 is 0. The molecule has 1 aromatic carbocycles. The summed E-state index contributed by atoms with van der Waals surface area (Å²) in [6, 6.07) is 4.52. The lowest BCUT2D eigenvalue weighted by Crippen LogP contribution is -2.24. The van der Waals surface area contributed by atoms with Crippen molar-refractivity contribution in [2.24, 2.45) is 0 Å². The summed E-state index contributed by atoms with van der Waals surface area (Å²) in [4.78, 5) is 24.1. The van der Waals surface area contributed by atoms with E-state index in [1.54, 1.807) is 11.0 Å². The molecule has 0 bridgehead atoms. The Morgan fingerprint density at radius 2 is 2.12 bits per heavy atom. The molecule has 2 rings (SSSR count). The number of benzene rings is 1. The number of amides is 1. The molecule has 1 heterocycles. The summed E-state index contributed by atoms with van der Waals surface area (Å²) in [5.41, 5.74) is 1.14. The topological polar surface area (TPSA) is 77.8 Å². The lowest BCUT2D eigenvalue weighted by molar-refractivity contribution is -0.117. The van der Waals surface area contributed by atoms with Crippen LogP contribution in [0.15, 0.2) is 18.2 Å². The molecule has 0 aromatic heterocycles. The van der Waals surface area contributed by atoms with Gasteiger partial charge in [-0.1, -0.05) is 0 Å². The van der Waals surface area contributed by atoms with Crippen molar-refractivity contribution in [3.8, 4) is 0 Å². The summed E-state index contributed by atoms with van der Waals surface area (Å²) in [6.45, 7) is 0.364. The van der Waals surface area contributed by atoms with Gasteiger partial charge in [0.1, 0.15) is 0 Å². The average Bonchev–Trinajstić information content (AvgIpc) is 2.74. The van der Waals surface area contributed by atoms with Crippen LogP contribution in [0, 0.1) is 0 Å². The first-order valence-corrected chi connectivity index (χ1v) is 5.40. The predicted octanol–water partition coefficient (Wildman–Crippen LogP) is 1.00. The van der Waals surface area contributed by atoms with Crippen LogP contribution in [0.1, 0.15) is 28.8 Å². The zero-order chi connectivity index (χ0) is 12.4. The Morgan fingerprint density at radius 1 is 1.35 bits per heavy atom. The fourth-order valence-corrected chi connectivity index (χ4v) is 1.97. The van der Waals surface area contributed by atoms with E-state index < -0.39 is 5.97 Å².